The lowest BCUT2D eigenvalue weighted by atomic mass is 10.6. The fourth-order valence-corrected chi connectivity index (χ4v) is 2.23. The smallest absolute Gasteiger partial charge is 0.343 e. The fourth-order valence-electron chi connectivity index (χ4n) is 0.904. The summed E-state index contributed by atoms with van der Waals surface area (Å²) in [5, 5.41) is 3.58. The highest BCUT2D eigenvalue weighted by atomic mass is 32.2. The number of thioether (sulfide) groups is 1. The quantitative estimate of drug-likeness (QED) is 0.143. The van der Waals surface area contributed by atoms with Crippen LogP contribution in [-0.4, -0.2) is 70.7 Å². The fraction of sp³-hybridized carbons (Fsp3) is 0.636. The average molecular weight is 354 g/mol. The van der Waals surface area contributed by atoms with Gasteiger partial charge in [-0.3, -0.25) is 9.63 Å². The van der Waals surface area contributed by atoms with Crippen LogP contribution in [0, 0.1) is 0 Å². The molecule has 0 saturated heterocycles. The van der Waals surface area contributed by atoms with E-state index in [1.807, 2.05) is 6.92 Å². The Morgan fingerprint density at radius 2 is 1.73 bits per heavy atom. The first-order valence-electron chi connectivity index (χ1n) is 6.19. The van der Waals surface area contributed by atoms with Gasteiger partial charge in [-0.05, 0) is 12.2 Å². The summed E-state index contributed by atoms with van der Waals surface area (Å²) in [5.74, 6) is 0.247. The maximum atomic E-state index is 12.4. The second-order valence-corrected chi connectivity index (χ2v) is 6.47. The van der Waals surface area contributed by atoms with Crippen LogP contribution in [0.4, 0.5) is 14.0 Å². The normalized spacial score (nSPS) is 10.9. The summed E-state index contributed by atoms with van der Waals surface area (Å²) < 4.78 is 13.8. The van der Waals surface area contributed by atoms with Crippen molar-refractivity contribution in [2.24, 2.45) is 5.16 Å². The number of rotatable bonds is 5. The van der Waals surface area contributed by atoms with Gasteiger partial charge in [0.25, 0.3) is 5.91 Å². The molecule has 0 aliphatic rings. The molecular formula is C11H19FN4O4S2. The summed E-state index contributed by atoms with van der Waals surface area (Å²) in [7, 11) is 5.53. The minimum Gasteiger partial charge on any atom is -0.343 e. The zero-order valence-electron chi connectivity index (χ0n) is 13.0. The van der Waals surface area contributed by atoms with E-state index in [4.69, 9.17) is 0 Å². The monoisotopic (exact) mass is 354 g/mol. The number of nitrogens with zero attached hydrogens (tertiary/aromatic N) is 4. The summed E-state index contributed by atoms with van der Waals surface area (Å²) in [4.78, 5) is 39.9. The van der Waals surface area contributed by atoms with Gasteiger partial charge in [-0.2, -0.15) is 0 Å². The van der Waals surface area contributed by atoms with Crippen LogP contribution in [0.1, 0.15) is 13.3 Å². The SMILES string of the molecule is CCCSC(=NOC(=O)N(C)SN(C)C(=O)F)C(=O)N(C)C. The molecule has 0 saturated carbocycles. The second kappa shape index (κ2) is 10.3. The Labute approximate surface area is 137 Å². The van der Waals surface area contributed by atoms with E-state index in [1.165, 1.54) is 11.9 Å². The molecule has 22 heavy (non-hydrogen) atoms. The molecule has 0 fully saturated rings. The van der Waals surface area contributed by atoms with Crippen molar-refractivity contribution in [2.45, 2.75) is 13.3 Å². The molecule has 0 aromatic heterocycles. The lowest BCUT2D eigenvalue weighted by Crippen LogP contribution is -2.30. The Balaban J connectivity index is 4.74. The predicted molar refractivity (Wildman–Crippen MR) is 85.0 cm³/mol. The number of oxime groups is 1. The maximum absolute atomic E-state index is 12.4. The summed E-state index contributed by atoms with van der Waals surface area (Å²) in [6.07, 6.45) is -1.84. The number of carbonyl (C=O) groups excluding carboxylic acids is 3. The van der Waals surface area contributed by atoms with Crippen LogP contribution in [0.25, 0.3) is 0 Å². The van der Waals surface area contributed by atoms with Gasteiger partial charge >= 0.3 is 12.3 Å². The van der Waals surface area contributed by atoms with Gasteiger partial charge in [-0.15, -0.1) is 4.39 Å². The van der Waals surface area contributed by atoms with Crippen LogP contribution in [0.5, 0.6) is 0 Å². The van der Waals surface area contributed by atoms with Crippen molar-refractivity contribution in [3.8, 4) is 0 Å². The third-order valence-electron chi connectivity index (χ3n) is 1.99. The molecule has 0 rings (SSSR count). The Morgan fingerprint density at radius 1 is 1.14 bits per heavy atom. The minimum absolute atomic E-state index is 0.0357. The van der Waals surface area contributed by atoms with Gasteiger partial charge in [0.1, 0.15) is 0 Å². The highest BCUT2D eigenvalue weighted by Crippen LogP contribution is 2.15. The summed E-state index contributed by atoms with van der Waals surface area (Å²) in [6.45, 7) is 1.94. The van der Waals surface area contributed by atoms with E-state index < -0.39 is 18.2 Å². The van der Waals surface area contributed by atoms with Crippen LogP contribution in [0.3, 0.4) is 0 Å². The van der Waals surface area contributed by atoms with E-state index in [0.717, 1.165) is 29.5 Å². The highest BCUT2D eigenvalue weighted by Gasteiger charge is 2.20. The van der Waals surface area contributed by atoms with E-state index in [-0.39, 0.29) is 5.04 Å². The van der Waals surface area contributed by atoms with Gasteiger partial charge in [-0.1, -0.05) is 23.8 Å². The third kappa shape index (κ3) is 7.50. The number of amides is 3. The molecule has 0 aromatic carbocycles. The largest absolute Gasteiger partial charge is 0.447 e. The topological polar surface area (TPSA) is 82.5 Å². The zero-order chi connectivity index (χ0) is 17.3. The molecule has 11 heteroatoms. The molecule has 0 bridgehead atoms. The first kappa shape index (κ1) is 20.5. The lowest BCUT2D eigenvalue weighted by molar-refractivity contribution is -0.121. The number of halogens is 1. The Bertz CT molecular complexity index is 448. The van der Waals surface area contributed by atoms with Crippen molar-refractivity contribution in [2.75, 3.05) is 33.9 Å². The van der Waals surface area contributed by atoms with E-state index in [0.29, 0.717) is 22.2 Å². The average Bonchev–Trinajstić information content (AvgIpc) is 2.45. The van der Waals surface area contributed by atoms with Gasteiger partial charge in [-0.25, -0.2) is 18.2 Å². The van der Waals surface area contributed by atoms with Gasteiger partial charge < -0.3 is 4.90 Å². The molecule has 0 aliphatic carbocycles. The van der Waals surface area contributed by atoms with Gasteiger partial charge in [0.05, 0.1) is 12.1 Å². The molecular weight excluding hydrogens is 335 g/mol. The van der Waals surface area contributed by atoms with Crippen molar-refractivity contribution in [3.63, 3.8) is 0 Å². The molecule has 0 aromatic rings. The van der Waals surface area contributed by atoms with Crippen molar-refractivity contribution in [1.82, 2.24) is 13.5 Å². The van der Waals surface area contributed by atoms with E-state index >= 15 is 0 Å². The first-order chi connectivity index (χ1) is 10.2. The Hall–Kier alpha value is -1.49. The zero-order valence-corrected chi connectivity index (χ0v) is 14.7. The van der Waals surface area contributed by atoms with Crippen molar-refractivity contribution in [3.05, 3.63) is 0 Å². The van der Waals surface area contributed by atoms with E-state index in [2.05, 4.69) is 9.99 Å². The summed E-state index contributed by atoms with van der Waals surface area (Å²) in [6, 6.07) is 0. The van der Waals surface area contributed by atoms with Gasteiger partial charge in [0.2, 0.25) is 5.04 Å². The molecule has 0 atom stereocenters. The summed E-state index contributed by atoms with van der Waals surface area (Å²) >= 11 is 1.66. The van der Waals surface area contributed by atoms with Crippen molar-refractivity contribution >= 4 is 47.1 Å². The standard InChI is InChI=1S/C11H19FN4O4S2/c1-6-7-21-8(9(17)14(2)3)13-20-11(19)16(5)22-15(4)10(12)18/h6-7H2,1-5H3. The molecule has 8 nitrogen and oxygen atoms in total. The molecule has 0 N–H and O–H groups in total. The summed E-state index contributed by atoms with van der Waals surface area (Å²) in [5.41, 5.74) is 0. The van der Waals surface area contributed by atoms with Gasteiger partial charge in [0.15, 0.2) is 0 Å². The number of carbonyl (C=O) groups is 3. The molecule has 0 aliphatic heterocycles. The van der Waals surface area contributed by atoms with E-state index in [9.17, 15) is 18.8 Å². The molecule has 0 radical (unpaired) electrons. The van der Waals surface area contributed by atoms with Crippen LogP contribution in [0.15, 0.2) is 5.16 Å². The first-order valence-corrected chi connectivity index (χ1v) is 7.90. The van der Waals surface area contributed by atoms with Crippen molar-refractivity contribution in [1.29, 1.82) is 0 Å². The lowest BCUT2D eigenvalue weighted by Gasteiger charge is -2.18. The predicted octanol–water partition coefficient (Wildman–Crippen LogP) is 2.18. The van der Waals surface area contributed by atoms with Crippen LogP contribution >= 0.6 is 23.9 Å². The molecule has 0 unspecified atom stereocenters. The van der Waals surface area contributed by atoms with Crippen molar-refractivity contribution < 1.29 is 23.6 Å². The third-order valence-corrected chi connectivity index (χ3v) is 3.91. The minimum atomic E-state index is -1.71. The van der Waals surface area contributed by atoms with Crippen LogP contribution < -0.4 is 0 Å². The van der Waals surface area contributed by atoms with E-state index in [1.54, 1.807) is 14.1 Å². The molecule has 0 spiro atoms. The maximum Gasteiger partial charge on any atom is 0.447 e. The Kier molecular flexibility index (Phi) is 9.58. The molecule has 3 amide bonds. The molecule has 126 valence electrons. The van der Waals surface area contributed by atoms with Crippen LogP contribution in [-0.2, 0) is 9.63 Å². The highest BCUT2D eigenvalue weighted by molar-refractivity contribution is 8.15. The number of hydrogen-bond acceptors (Lipinski definition) is 7. The molecule has 0 heterocycles. The van der Waals surface area contributed by atoms with Gasteiger partial charge in [0, 0.05) is 28.2 Å². The second-order valence-electron chi connectivity index (χ2n) is 4.13. The van der Waals surface area contributed by atoms with Crippen LogP contribution in [0.2, 0.25) is 0 Å². The number of hydrogen-bond donors (Lipinski definition) is 0. The Morgan fingerprint density at radius 3 is 2.18 bits per heavy atom.